The van der Waals surface area contributed by atoms with E-state index in [1.165, 1.54) is 30.1 Å². The van der Waals surface area contributed by atoms with Crippen molar-refractivity contribution in [3.8, 4) is 0 Å². The minimum absolute atomic E-state index is 0.0166. The zero-order chi connectivity index (χ0) is 21.5. The quantitative estimate of drug-likeness (QED) is 0.699. The maximum Gasteiger partial charge on any atom is 0.274 e. The third-order valence-corrected chi connectivity index (χ3v) is 5.24. The van der Waals surface area contributed by atoms with Crippen molar-refractivity contribution in [2.75, 3.05) is 12.4 Å². The van der Waals surface area contributed by atoms with Gasteiger partial charge in [0.15, 0.2) is 5.96 Å². The van der Waals surface area contributed by atoms with E-state index in [4.69, 9.17) is 5.73 Å². The number of benzene rings is 2. The Bertz CT molecular complexity index is 1210. The smallest absolute Gasteiger partial charge is 0.274 e. The number of carbonyl (C=O) groups is 2. The van der Waals surface area contributed by atoms with Crippen LogP contribution in [0.15, 0.2) is 59.7 Å². The Morgan fingerprint density at radius 2 is 1.93 bits per heavy atom. The molecule has 1 aliphatic rings. The number of pyridine rings is 1. The van der Waals surface area contributed by atoms with Crippen LogP contribution in [0.1, 0.15) is 29.4 Å². The van der Waals surface area contributed by atoms with E-state index in [9.17, 15) is 14.0 Å². The molecule has 4 rings (SSSR count). The molecule has 0 saturated heterocycles. The summed E-state index contributed by atoms with van der Waals surface area (Å²) in [6.45, 7) is 1.64. The summed E-state index contributed by atoms with van der Waals surface area (Å²) >= 11 is 0. The van der Waals surface area contributed by atoms with Gasteiger partial charge in [-0.15, -0.1) is 0 Å². The standard InChI is InChI=1S/C22H20FN5O2/c1-22(11-19(29)28(2)21(24)27-22)16-10-15(7-8-17(16)23)26-20(30)18-9-13-5-3-4-6-14(13)12-25-18/h3-10,12H,11H2,1-2H3,(H2,24,27)(H,26,30). The van der Waals surface area contributed by atoms with Crippen molar-refractivity contribution >= 4 is 34.2 Å². The highest BCUT2D eigenvalue weighted by Gasteiger charge is 2.38. The van der Waals surface area contributed by atoms with Gasteiger partial charge >= 0.3 is 0 Å². The molecular formula is C22H20FN5O2. The molecule has 8 heteroatoms. The SMILES string of the molecule is CN1C(=O)CC(C)(c2cc(NC(=O)c3cc4ccccc4cn3)ccc2F)N=C1N. The van der Waals surface area contributed by atoms with Crippen molar-refractivity contribution in [3.05, 3.63) is 71.8 Å². The van der Waals surface area contributed by atoms with Gasteiger partial charge in [0.2, 0.25) is 5.91 Å². The molecule has 0 radical (unpaired) electrons. The first-order valence-electron chi connectivity index (χ1n) is 9.35. The maximum atomic E-state index is 14.6. The number of nitrogens with zero attached hydrogens (tertiary/aromatic N) is 3. The van der Waals surface area contributed by atoms with Gasteiger partial charge in [-0.05, 0) is 36.6 Å². The van der Waals surface area contributed by atoms with E-state index in [1.54, 1.807) is 19.2 Å². The highest BCUT2D eigenvalue weighted by molar-refractivity contribution is 6.05. The first kappa shape index (κ1) is 19.5. The van der Waals surface area contributed by atoms with E-state index >= 15 is 0 Å². The number of aromatic nitrogens is 1. The summed E-state index contributed by atoms with van der Waals surface area (Å²) in [7, 11) is 1.52. The minimum atomic E-state index is -1.17. The fraction of sp³-hybridized carbons (Fsp3) is 0.182. The molecule has 152 valence electrons. The highest BCUT2D eigenvalue weighted by atomic mass is 19.1. The Balaban J connectivity index is 1.64. The molecule has 0 spiro atoms. The molecule has 1 aliphatic heterocycles. The van der Waals surface area contributed by atoms with E-state index in [-0.39, 0.29) is 29.5 Å². The normalized spacial score (nSPS) is 19.0. The average molecular weight is 405 g/mol. The topological polar surface area (TPSA) is 101 Å². The molecule has 2 amide bonds. The number of guanidine groups is 1. The summed E-state index contributed by atoms with van der Waals surface area (Å²) < 4.78 is 14.6. The van der Waals surface area contributed by atoms with Crippen LogP contribution < -0.4 is 11.1 Å². The van der Waals surface area contributed by atoms with Crippen LogP contribution in [0, 0.1) is 5.82 Å². The van der Waals surface area contributed by atoms with Gasteiger partial charge in [-0.1, -0.05) is 24.3 Å². The largest absolute Gasteiger partial charge is 0.369 e. The van der Waals surface area contributed by atoms with Crippen LogP contribution in [0.25, 0.3) is 10.8 Å². The minimum Gasteiger partial charge on any atom is -0.369 e. The number of rotatable bonds is 3. The van der Waals surface area contributed by atoms with Gasteiger partial charge in [0, 0.05) is 29.9 Å². The number of hydrogen-bond donors (Lipinski definition) is 2. The highest BCUT2D eigenvalue weighted by Crippen LogP contribution is 2.35. The summed E-state index contributed by atoms with van der Waals surface area (Å²) in [6, 6.07) is 13.4. The number of nitrogens with one attached hydrogen (secondary N) is 1. The number of nitrogens with two attached hydrogens (primary N) is 1. The Morgan fingerprint density at radius 1 is 1.20 bits per heavy atom. The van der Waals surface area contributed by atoms with Gasteiger partial charge < -0.3 is 11.1 Å². The molecular weight excluding hydrogens is 385 g/mol. The summed E-state index contributed by atoms with van der Waals surface area (Å²) in [4.78, 5) is 34.7. The second kappa shape index (κ2) is 7.22. The third-order valence-electron chi connectivity index (χ3n) is 5.24. The van der Waals surface area contributed by atoms with Crippen LogP contribution in [-0.4, -0.2) is 34.7 Å². The zero-order valence-corrected chi connectivity index (χ0v) is 16.5. The Morgan fingerprint density at radius 3 is 2.67 bits per heavy atom. The molecule has 0 bridgehead atoms. The number of amides is 2. The Kier molecular flexibility index (Phi) is 4.69. The molecule has 1 aromatic heterocycles. The van der Waals surface area contributed by atoms with Crippen LogP contribution in [-0.2, 0) is 10.3 Å². The van der Waals surface area contributed by atoms with E-state index in [0.717, 1.165) is 10.8 Å². The molecule has 3 N–H and O–H groups in total. The summed E-state index contributed by atoms with van der Waals surface area (Å²) in [5.74, 6) is -1.21. The molecule has 2 aromatic carbocycles. The fourth-order valence-electron chi connectivity index (χ4n) is 3.48. The maximum absolute atomic E-state index is 14.6. The van der Waals surface area contributed by atoms with Crippen molar-refractivity contribution in [2.45, 2.75) is 18.9 Å². The van der Waals surface area contributed by atoms with Crippen LogP contribution in [0.4, 0.5) is 10.1 Å². The number of aliphatic imine (C=N–C) groups is 1. The van der Waals surface area contributed by atoms with Crippen LogP contribution in [0.3, 0.4) is 0 Å². The molecule has 3 aromatic rings. The second-order valence-electron chi connectivity index (χ2n) is 7.44. The second-order valence-corrected chi connectivity index (χ2v) is 7.44. The molecule has 0 aliphatic carbocycles. The lowest BCUT2D eigenvalue weighted by Crippen LogP contribution is -2.47. The third kappa shape index (κ3) is 3.47. The first-order valence-corrected chi connectivity index (χ1v) is 9.35. The lowest BCUT2D eigenvalue weighted by Gasteiger charge is -2.34. The van der Waals surface area contributed by atoms with Crippen molar-refractivity contribution in [1.82, 2.24) is 9.88 Å². The Labute approximate surface area is 172 Å². The van der Waals surface area contributed by atoms with E-state index < -0.39 is 17.3 Å². The molecule has 0 fully saturated rings. The van der Waals surface area contributed by atoms with Gasteiger partial charge in [0.1, 0.15) is 11.5 Å². The predicted octanol–water partition coefficient (Wildman–Crippen LogP) is 3.02. The number of anilines is 1. The molecule has 1 atom stereocenters. The van der Waals surface area contributed by atoms with Gasteiger partial charge in [-0.25, -0.2) is 9.38 Å². The van der Waals surface area contributed by atoms with Crippen LogP contribution in [0.2, 0.25) is 0 Å². The first-order chi connectivity index (χ1) is 14.3. The van der Waals surface area contributed by atoms with E-state index in [0.29, 0.717) is 5.69 Å². The van der Waals surface area contributed by atoms with Gasteiger partial charge in [-0.3, -0.25) is 19.5 Å². The molecule has 2 heterocycles. The lowest BCUT2D eigenvalue weighted by molar-refractivity contribution is -0.128. The molecule has 1 unspecified atom stereocenters. The summed E-state index contributed by atoms with van der Waals surface area (Å²) in [5.41, 5.74) is 5.44. The van der Waals surface area contributed by atoms with Gasteiger partial charge in [-0.2, -0.15) is 0 Å². The van der Waals surface area contributed by atoms with Gasteiger partial charge in [0.25, 0.3) is 5.91 Å². The van der Waals surface area contributed by atoms with Gasteiger partial charge in [0.05, 0.1) is 12.0 Å². The number of fused-ring (bicyclic) bond motifs is 1. The monoisotopic (exact) mass is 405 g/mol. The van der Waals surface area contributed by atoms with Crippen molar-refractivity contribution in [1.29, 1.82) is 0 Å². The number of carbonyl (C=O) groups excluding carboxylic acids is 2. The predicted molar refractivity (Wildman–Crippen MR) is 112 cm³/mol. The molecule has 7 nitrogen and oxygen atoms in total. The zero-order valence-electron chi connectivity index (χ0n) is 16.5. The molecule has 0 saturated carbocycles. The Hall–Kier alpha value is -3.81. The van der Waals surface area contributed by atoms with E-state index in [1.807, 2.05) is 24.3 Å². The van der Waals surface area contributed by atoms with Crippen molar-refractivity contribution in [3.63, 3.8) is 0 Å². The van der Waals surface area contributed by atoms with Crippen LogP contribution in [0.5, 0.6) is 0 Å². The van der Waals surface area contributed by atoms with E-state index in [2.05, 4.69) is 15.3 Å². The average Bonchev–Trinajstić information content (AvgIpc) is 2.73. The number of halogens is 1. The fourth-order valence-corrected chi connectivity index (χ4v) is 3.48. The van der Waals surface area contributed by atoms with Crippen molar-refractivity contribution in [2.24, 2.45) is 10.7 Å². The van der Waals surface area contributed by atoms with Crippen LogP contribution >= 0.6 is 0 Å². The molecule has 30 heavy (non-hydrogen) atoms. The summed E-state index contributed by atoms with van der Waals surface area (Å²) in [6.07, 6.45) is 1.59. The lowest BCUT2D eigenvalue weighted by atomic mass is 9.87. The number of hydrogen-bond acceptors (Lipinski definition) is 5. The summed E-state index contributed by atoms with van der Waals surface area (Å²) in [5, 5.41) is 4.55. The van der Waals surface area contributed by atoms with Crippen molar-refractivity contribution < 1.29 is 14.0 Å².